The summed E-state index contributed by atoms with van der Waals surface area (Å²) >= 11 is 0. The molecule has 0 bridgehead atoms. The molecule has 1 aromatic rings. The number of morpholine rings is 1. The van der Waals surface area contributed by atoms with E-state index in [2.05, 4.69) is 10.6 Å². The number of hydrogen-bond acceptors (Lipinski definition) is 4. The molecular weight excluding hydrogens is 294 g/mol. The van der Waals surface area contributed by atoms with Crippen LogP contribution in [0.1, 0.15) is 23.2 Å². The highest BCUT2D eigenvalue weighted by Gasteiger charge is 2.24. The molecule has 1 unspecified atom stereocenters. The Morgan fingerprint density at radius 2 is 2.00 bits per heavy atom. The van der Waals surface area contributed by atoms with Gasteiger partial charge in [-0.25, -0.2) is 0 Å². The third-order valence-corrected chi connectivity index (χ3v) is 4.38. The van der Waals surface area contributed by atoms with Crippen molar-refractivity contribution in [2.75, 3.05) is 44.7 Å². The molecule has 3 rings (SSSR count). The summed E-state index contributed by atoms with van der Waals surface area (Å²) in [6.45, 7) is 3.98. The summed E-state index contributed by atoms with van der Waals surface area (Å²) in [6.07, 6.45) is 1.89. The van der Waals surface area contributed by atoms with Crippen LogP contribution in [0.25, 0.3) is 0 Å². The number of para-hydroxylation sites is 1. The van der Waals surface area contributed by atoms with Crippen LogP contribution in [0.15, 0.2) is 24.3 Å². The predicted molar refractivity (Wildman–Crippen MR) is 87.4 cm³/mol. The lowest BCUT2D eigenvalue weighted by atomic mass is 9.98. The number of amides is 2. The van der Waals surface area contributed by atoms with Gasteiger partial charge in [-0.3, -0.25) is 9.59 Å². The monoisotopic (exact) mass is 317 g/mol. The average Bonchev–Trinajstić information content (AvgIpc) is 2.63. The number of nitrogens with zero attached hydrogens (tertiary/aromatic N) is 1. The second-order valence-corrected chi connectivity index (χ2v) is 5.98. The molecule has 0 saturated carbocycles. The fraction of sp³-hybridized carbons (Fsp3) is 0.529. The topological polar surface area (TPSA) is 70.7 Å². The molecule has 2 heterocycles. The molecule has 0 aromatic heterocycles. The van der Waals surface area contributed by atoms with Crippen LogP contribution in [0.4, 0.5) is 5.69 Å². The van der Waals surface area contributed by atoms with Crippen molar-refractivity contribution in [3.63, 3.8) is 0 Å². The highest BCUT2D eigenvalue weighted by Crippen LogP contribution is 2.20. The number of anilines is 1. The lowest BCUT2D eigenvalue weighted by Gasteiger charge is -2.28. The summed E-state index contributed by atoms with van der Waals surface area (Å²) in [6, 6.07) is 7.23. The molecule has 1 aromatic carbocycles. The molecule has 0 aliphatic carbocycles. The van der Waals surface area contributed by atoms with Crippen molar-refractivity contribution in [1.29, 1.82) is 0 Å². The van der Waals surface area contributed by atoms with E-state index in [1.807, 2.05) is 12.1 Å². The first kappa shape index (κ1) is 16.0. The van der Waals surface area contributed by atoms with Crippen molar-refractivity contribution >= 4 is 17.5 Å². The Morgan fingerprint density at radius 1 is 1.22 bits per heavy atom. The Balaban J connectivity index is 1.72. The molecule has 2 aliphatic heterocycles. The number of ether oxygens (including phenoxy) is 1. The molecular formula is C17H23N3O3. The Morgan fingerprint density at radius 3 is 2.74 bits per heavy atom. The van der Waals surface area contributed by atoms with E-state index in [9.17, 15) is 9.59 Å². The summed E-state index contributed by atoms with van der Waals surface area (Å²) in [5, 5.41) is 6.18. The molecule has 1 atom stereocenters. The van der Waals surface area contributed by atoms with Crippen LogP contribution < -0.4 is 10.6 Å². The number of benzene rings is 1. The first-order chi connectivity index (χ1) is 11.3. The van der Waals surface area contributed by atoms with Crippen molar-refractivity contribution in [3.05, 3.63) is 29.8 Å². The van der Waals surface area contributed by atoms with Gasteiger partial charge in [-0.05, 0) is 31.5 Å². The van der Waals surface area contributed by atoms with Gasteiger partial charge in [0.2, 0.25) is 5.91 Å². The summed E-state index contributed by atoms with van der Waals surface area (Å²) < 4.78 is 5.29. The summed E-state index contributed by atoms with van der Waals surface area (Å²) in [5.74, 6) is -0.0966. The lowest BCUT2D eigenvalue weighted by molar-refractivity contribution is -0.120. The zero-order valence-electron chi connectivity index (χ0n) is 13.2. The molecule has 2 amide bonds. The maximum atomic E-state index is 12.7. The normalized spacial score (nSPS) is 21.7. The maximum Gasteiger partial charge on any atom is 0.256 e. The van der Waals surface area contributed by atoms with Crippen LogP contribution in [0.3, 0.4) is 0 Å². The number of carbonyl (C=O) groups excluding carboxylic acids is 2. The fourth-order valence-corrected chi connectivity index (χ4v) is 3.03. The molecule has 6 nitrogen and oxygen atoms in total. The first-order valence-electron chi connectivity index (χ1n) is 8.23. The fourth-order valence-electron chi connectivity index (χ4n) is 3.03. The molecule has 2 saturated heterocycles. The number of hydrogen-bond donors (Lipinski definition) is 2. The average molecular weight is 317 g/mol. The molecule has 2 aliphatic rings. The van der Waals surface area contributed by atoms with Crippen LogP contribution in [0.5, 0.6) is 0 Å². The van der Waals surface area contributed by atoms with Gasteiger partial charge in [0.15, 0.2) is 0 Å². The number of nitrogens with one attached hydrogen (secondary N) is 2. The van der Waals surface area contributed by atoms with Crippen molar-refractivity contribution in [3.8, 4) is 0 Å². The van der Waals surface area contributed by atoms with Gasteiger partial charge in [-0.1, -0.05) is 12.1 Å². The van der Waals surface area contributed by atoms with Gasteiger partial charge >= 0.3 is 0 Å². The minimum absolute atomic E-state index is 0.0144. The molecule has 124 valence electrons. The van der Waals surface area contributed by atoms with Crippen molar-refractivity contribution in [2.45, 2.75) is 12.8 Å². The van der Waals surface area contributed by atoms with Gasteiger partial charge in [-0.2, -0.15) is 0 Å². The van der Waals surface area contributed by atoms with Crippen molar-refractivity contribution < 1.29 is 14.3 Å². The largest absolute Gasteiger partial charge is 0.378 e. The van der Waals surface area contributed by atoms with E-state index in [1.54, 1.807) is 17.0 Å². The molecule has 0 spiro atoms. The summed E-state index contributed by atoms with van der Waals surface area (Å²) in [4.78, 5) is 26.9. The van der Waals surface area contributed by atoms with Gasteiger partial charge < -0.3 is 20.3 Å². The predicted octanol–water partition coefficient (Wildman–Crippen LogP) is 1.10. The minimum atomic E-state index is -0.0500. The molecule has 2 N–H and O–H groups in total. The molecule has 0 radical (unpaired) electrons. The van der Waals surface area contributed by atoms with Gasteiger partial charge in [0.25, 0.3) is 5.91 Å². The number of rotatable bonds is 3. The van der Waals surface area contributed by atoms with E-state index in [0.717, 1.165) is 19.4 Å². The van der Waals surface area contributed by atoms with E-state index in [4.69, 9.17) is 4.74 Å². The van der Waals surface area contributed by atoms with Gasteiger partial charge in [0.1, 0.15) is 0 Å². The zero-order valence-corrected chi connectivity index (χ0v) is 13.2. The smallest absolute Gasteiger partial charge is 0.256 e. The Labute approximate surface area is 136 Å². The number of piperidine rings is 1. The van der Waals surface area contributed by atoms with E-state index in [1.165, 1.54) is 0 Å². The second kappa shape index (κ2) is 7.57. The summed E-state index contributed by atoms with van der Waals surface area (Å²) in [7, 11) is 0. The van der Waals surface area contributed by atoms with Crippen LogP contribution in [0, 0.1) is 5.92 Å². The van der Waals surface area contributed by atoms with E-state index in [0.29, 0.717) is 44.1 Å². The highest BCUT2D eigenvalue weighted by molar-refractivity contribution is 6.04. The third-order valence-electron chi connectivity index (χ3n) is 4.38. The lowest BCUT2D eigenvalue weighted by Crippen LogP contribution is -2.41. The van der Waals surface area contributed by atoms with Gasteiger partial charge in [0, 0.05) is 19.6 Å². The quantitative estimate of drug-likeness (QED) is 0.876. The first-order valence-corrected chi connectivity index (χ1v) is 8.23. The van der Waals surface area contributed by atoms with Crippen LogP contribution in [-0.4, -0.2) is 56.1 Å². The Hall–Kier alpha value is -1.92. The second-order valence-electron chi connectivity index (χ2n) is 5.98. The number of carbonyl (C=O) groups is 2. The Kier molecular flexibility index (Phi) is 5.25. The van der Waals surface area contributed by atoms with Crippen LogP contribution in [-0.2, 0) is 9.53 Å². The standard InChI is InChI=1S/C17H23N3O3/c21-16(13-4-3-7-18-12-13)19-15-6-2-1-5-14(15)17(22)20-8-10-23-11-9-20/h1-2,5-6,13,18H,3-4,7-12H2,(H,19,21). The minimum Gasteiger partial charge on any atom is -0.378 e. The van der Waals surface area contributed by atoms with Crippen molar-refractivity contribution in [1.82, 2.24) is 10.2 Å². The van der Waals surface area contributed by atoms with Crippen LogP contribution >= 0.6 is 0 Å². The van der Waals surface area contributed by atoms with E-state index < -0.39 is 0 Å². The maximum absolute atomic E-state index is 12.7. The van der Waals surface area contributed by atoms with E-state index in [-0.39, 0.29) is 17.7 Å². The van der Waals surface area contributed by atoms with Crippen LogP contribution in [0.2, 0.25) is 0 Å². The highest BCUT2D eigenvalue weighted by atomic mass is 16.5. The zero-order chi connectivity index (χ0) is 16.1. The molecule has 23 heavy (non-hydrogen) atoms. The summed E-state index contributed by atoms with van der Waals surface area (Å²) in [5.41, 5.74) is 1.14. The van der Waals surface area contributed by atoms with Crippen molar-refractivity contribution in [2.24, 2.45) is 5.92 Å². The van der Waals surface area contributed by atoms with E-state index >= 15 is 0 Å². The Bertz CT molecular complexity index is 564. The molecule has 2 fully saturated rings. The van der Waals surface area contributed by atoms with Gasteiger partial charge in [0.05, 0.1) is 30.4 Å². The molecule has 6 heteroatoms. The third kappa shape index (κ3) is 3.89. The SMILES string of the molecule is O=C(Nc1ccccc1C(=O)N1CCOCC1)C1CCCNC1. The van der Waals surface area contributed by atoms with Gasteiger partial charge in [-0.15, -0.1) is 0 Å².